The van der Waals surface area contributed by atoms with E-state index in [1.54, 1.807) is 48.5 Å². The molecule has 168 valence electrons. The molecule has 1 N–H and O–H groups in total. The summed E-state index contributed by atoms with van der Waals surface area (Å²) in [5.74, 6) is 0.192. The lowest BCUT2D eigenvalue weighted by molar-refractivity contribution is -0.119. The summed E-state index contributed by atoms with van der Waals surface area (Å²) >= 11 is 6.14. The van der Waals surface area contributed by atoms with Crippen LogP contribution in [0, 0.1) is 0 Å². The molecule has 32 heavy (non-hydrogen) atoms. The van der Waals surface area contributed by atoms with Gasteiger partial charge in [-0.05, 0) is 35.9 Å². The molecule has 3 rings (SSSR count). The van der Waals surface area contributed by atoms with Gasteiger partial charge in [0.25, 0.3) is 10.0 Å². The number of halogens is 1. The van der Waals surface area contributed by atoms with E-state index in [1.807, 2.05) is 6.07 Å². The summed E-state index contributed by atoms with van der Waals surface area (Å²) in [7, 11) is -1.20. The minimum absolute atomic E-state index is 0.0297. The van der Waals surface area contributed by atoms with Gasteiger partial charge in [-0.15, -0.1) is 0 Å². The Labute approximate surface area is 192 Å². The first-order valence-corrected chi connectivity index (χ1v) is 11.5. The first-order chi connectivity index (χ1) is 15.4. The lowest BCUT2D eigenvalue weighted by Crippen LogP contribution is -2.40. The van der Waals surface area contributed by atoms with Gasteiger partial charge in [-0.25, -0.2) is 8.42 Å². The highest BCUT2D eigenvalue weighted by Crippen LogP contribution is 2.32. The molecule has 0 spiro atoms. The van der Waals surface area contributed by atoms with E-state index in [4.69, 9.17) is 21.1 Å². The number of nitrogens with one attached hydrogen (secondary N) is 1. The average Bonchev–Trinajstić information content (AvgIpc) is 2.82. The Morgan fingerprint density at radius 3 is 2.25 bits per heavy atom. The summed E-state index contributed by atoms with van der Waals surface area (Å²) in [5.41, 5.74) is 1.09. The van der Waals surface area contributed by atoms with Crippen LogP contribution in [0.1, 0.15) is 5.56 Å². The highest BCUT2D eigenvalue weighted by Gasteiger charge is 2.28. The summed E-state index contributed by atoms with van der Waals surface area (Å²) in [6.45, 7) is -0.233. The fraction of sp³-hybridized carbons (Fsp3) is 0.174. The van der Waals surface area contributed by atoms with Gasteiger partial charge >= 0.3 is 0 Å². The van der Waals surface area contributed by atoms with Crippen molar-refractivity contribution < 1.29 is 22.7 Å². The summed E-state index contributed by atoms with van der Waals surface area (Å²) in [6.07, 6.45) is 0. The van der Waals surface area contributed by atoms with Crippen molar-refractivity contribution in [2.24, 2.45) is 0 Å². The molecule has 1 amide bonds. The van der Waals surface area contributed by atoms with Crippen LogP contribution in [-0.4, -0.2) is 35.1 Å². The molecule has 9 heteroatoms. The molecule has 0 unspecified atom stereocenters. The number of rotatable bonds is 9. The third-order valence-electron chi connectivity index (χ3n) is 4.71. The molecule has 0 fully saturated rings. The fourth-order valence-corrected chi connectivity index (χ4v) is 4.67. The number of ether oxygens (including phenoxy) is 2. The van der Waals surface area contributed by atoms with E-state index in [1.165, 1.54) is 32.4 Å². The first-order valence-electron chi connectivity index (χ1n) is 9.66. The average molecular weight is 475 g/mol. The van der Waals surface area contributed by atoms with Crippen LogP contribution >= 0.6 is 11.6 Å². The molecule has 0 radical (unpaired) electrons. The number of hydrogen-bond donors (Lipinski definition) is 1. The monoisotopic (exact) mass is 474 g/mol. The van der Waals surface area contributed by atoms with Crippen molar-refractivity contribution in [3.8, 4) is 11.5 Å². The molecule has 0 atom stereocenters. The lowest BCUT2D eigenvalue weighted by Gasteiger charge is -2.24. The highest BCUT2D eigenvalue weighted by atomic mass is 35.5. The maximum Gasteiger partial charge on any atom is 0.264 e. The number of sulfonamides is 1. The summed E-state index contributed by atoms with van der Waals surface area (Å²) in [5, 5.41) is 3.25. The van der Waals surface area contributed by atoms with Crippen molar-refractivity contribution in [3.05, 3.63) is 83.4 Å². The van der Waals surface area contributed by atoms with Crippen LogP contribution in [0.3, 0.4) is 0 Å². The van der Waals surface area contributed by atoms with E-state index >= 15 is 0 Å². The predicted octanol–water partition coefficient (Wildman–Crippen LogP) is 3.87. The van der Waals surface area contributed by atoms with Crippen molar-refractivity contribution in [2.75, 3.05) is 25.1 Å². The second-order valence-corrected chi connectivity index (χ2v) is 9.00. The second kappa shape index (κ2) is 10.4. The molecule has 0 heterocycles. The van der Waals surface area contributed by atoms with Crippen LogP contribution < -0.4 is 19.1 Å². The van der Waals surface area contributed by atoms with Crippen LogP contribution in [0.15, 0.2) is 77.7 Å². The SMILES string of the molecule is COc1ccc(S(=O)(=O)N(CC(=O)NCc2ccccc2Cl)c2ccccc2)cc1OC. The molecule has 0 saturated carbocycles. The van der Waals surface area contributed by atoms with Gasteiger partial charge in [-0.3, -0.25) is 9.10 Å². The van der Waals surface area contributed by atoms with Crippen LogP contribution in [0.4, 0.5) is 5.69 Å². The van der Waals surface area contributed by atoms with Gasteiger partial charge in [-0.2, -0.15) is 0 Å². The third-order valence-corrected chi connectivity index (χ3v) is 6.85. The van der Waals surface area contributed by atoms with Gasteiger partial charge in [0.1, 0.15) is 6.54 Å². The Morgan fingerprint density at radius 1 is 0.938 bits per heavy atom. The molecule has 3 aromatic rings. The number of benzene rings is 3. The highest BCUT2D eigenvalue weighted by molar-refractivity contribution is 7.92. The zero-order valence-electron chi connectivity index (χ0n) is 17.6. The molecular weight excluding hydrogens is 452 g/mol. The van der Waals surface area contributed by atoms with Crippen LogP contribution in [0.25, 0.3) is 0 Å². The molecule has 0 aliphatic heterocycles. The standard InChI is InChI=1S/C23H23ClN2O5S/c1-30-21-13-12-19(14-22(21)31-2)32(28,29)26(18-9-4-3-5-10-18)16-23(27)25-15-17-8-6-7-11-20(17)24/h3-14H,15-16H2,1-2H3,(H,25,27). The van der Waals surface area contributed by atoms with E-state index in [0.717, 1.165) is 9.87 Å². The Kier molecular flexibility index (Phi) is 7.61. The molecule has 0 saturated heterocycles. The van der Waals surface area contributed by atoms with Crippen molar-refractivity contribution in [1.82, 2.24) is 5.32 Å². The minimum atomic E-state index is -4.09. The van der Waals surface area contributed by atoms with Gasteiger partial charge in [0.05, 0.1) is 24.8 Å². The fourth-order valence-electron chi connectivity index (χ4n) is 3.04. The number of para-hydroxylation sites is 1. The lowest BCUT2D eigenvalue weighted by atomic mass is 10.2. The predicted molar refractivity (Wildman–Crippen MR) is 124 cm³/mol. The molecule has 7 nitrogen and oxygen atoms in total. The molecular formula is C23H23ClN2O5S. The molecule has 0 aliphatic carbocycles. The normalized spacial score (nSPS) is 11.0. The smallest absolute Gasteiger partial charge is 0.264 e. The number of anilines is 1. The maximum absolute atomic E-state index is 13.5. The number of amides is 1. The van der Waals surface area contributed by atoms with E-state index < -0.39 is 22.5 Å². The van der Waals surface area contributed by atoms with Gasteiger partial charge in [-0.1, -0.05) is 48.0 Å². The Balaban J connectivity index is 1.89. The van der Waals surface area contributed by atoms with Crippen LogP contribution in [0.5, 0.6) is 11.5 Å². The maximum atomic E-state index is 13.5. The second-order valence-electron chi connectivity index (χ2n) is 6.73. The number of carbonyl (C=O) groups is 1. The van der Waals surface area contributed by atoms with E-state index in [-0.39, 0.29) is 17.2 Å². The van der Waals surface area contributed by atoms with Gasteiger partial charge < -0.3 is 14.8 Å². The largest absolute Gasteiger partial charge is 0.493 e. The third kappa shape index (κ3) is 5.33. The molecule has 0 aliphatic rings. The summed E-state index contributed by atoms with van der Waals surface area (Å²) < 4.78 is 38.5. The van der Waals surface area contributed by atoms with E-state index in [9.17, 15) is 13.2 Å². The Morgan fingerprint density at radius 2 is 1.59 bits per heavy atom. The molecule has 0 bridgehead atoms. The molecule has 3 aromatic carbocycles. The zero-order valence-corrected chi connectivity index (χ0v) is 19.2. The van der Waals surface area contributed by atoms with Crippen molar-refractivity contribution >= 4 is 33.2 Å². The number of hydrogen-bond acceptors (Lipinski definition) is 5. The number of methoxy groups -OCH3 is 2. The van der Waals surface area contributed by atoms with Crippen molar-refractivity contribution in [1.29, 1.82) is 0 Å². The minimum Gasteiger partial charge on any atom is -0.493 e. The quantitative estimate of drug-likeness (QED) is 0.509. The Hall–Kier alpha value is -3.23. The number of carbonyl (C=O) groups excluding carboxylic acids is 1. The first kappa shape index (κ1) is 23.4. The zero-order chi connectivity index (χ0) is 23.1. The van der Waals surface area contributed by atoms with Crippen LogP contribution in [-0.2, 0) is 21.4 Å². The molecule has 0 aromatic heterocycles. The Bertz CT molecular complexity index is 1190. The van der Waals surface area contributed by atoms with E-state index in [0.29, 0.717) is 16.5 Å². The number of nitrogens with zero attached hydrogens (tertiary/aromatic N) is 1. The topological polar surface area (TPSA) is 84.9 Å². The van der Waals surface area contributed by atoms with Gasteiger partial charge in [0, 0.05) is 17.6 Å². The van der Waals surface area contributed by atoms with Crippen LogP contribution in [0.2, 0.25) is 5.02 Å². The summed E-state index contributed by atoms with van der Waals surface area (Å²) in [6, 6.07) is 19.8. The van der Waals surface area contributed by atoms with E-state index in [2.05, 4.69) is 5.32 Å². The van der Waals surface area contributed by atoms with Crippen molar-refractivity contribution in [2.45, 2.75) is 11.4 Å². The van der Waals surface area contributed by atoms with Gasteiger partial charge in [0.15, 0.2) is 11.5 Å². The summed E-state index contributed by atoms with van der Waals surface area (Å²) in [4.78, 5) is 12.7. The van der Waals surface area contributed by atoms with Gasteiger partial charge in [0.2, 0.25) is 5.91 Å². The van der Waals surface area contributed by atoms with Crippen molar-refractivity contribution in [3.63, 3.8) is 0 Å².